The van der Waals surface area contributed by atoms with E-state index < -0.39 is 23.1 Å². The summed E-state index contributed by atoms with van der Waals surface area (Å²) in [6, 6.07) is 12.8. The van der Waals surface area contributed by atoms with Crippen molar-refractivity contribution in [3.63, 3.8) is 0 Å². The van der Waals surface area contributed by atoms with Crippen molar-refractivity contribution in [2.24, 2.45) is 0 Å². The fourth-order valence-electron chi connectivity index (χ4n) is 3.23. The summed E-state index contributed by atoms with van der Waals surface area (Å²) in [7, 11) is 1.46. The van der Waals surface area contributed by atoms with Crippen LogP contribution in [0.4, 0.5) is 25.8 Å². The van der Waals surface area contributed by atoms with Crippen molar-refractivity contribution in [1.29, 1.82) is 10.8 Å². The van der Waals surface area contributed by atoms with Crippen molar-refractivity contribution < 1.29 is 13.6 Å². The molecule has 0 bridgehead atoms. The maximum Gasteiger partial charge on any atom is 0.261 e. The lowest BCUT2D eigenvalue weighted by Crippen LogP contribution is -2.18. The van der Waals surface area contributed by atoms with E-state index in [9.17, 15) is 13.6 Å². The Balaban J connectivity index is 1.97. The Morgan fingerprint density at radius 1 is 1.10 bits per heavy atom. The number of hydrogen-bond donors (Lipinski definition) is 5. The molecule has 6 nitrogen and oxygen atoms in total. The molecule has 6 N–H and O–H groups in total. The third kappa shape index (κ3) is 4.13. The van der Waals surface area contributed by atoms with Crippen molar-refractivity contribution in [2.45, 2.75) is 6.92 Å². The highest BCUT2D eigenvalue weighted by atomic mass is 19.1. The van der Waals surface area contributed by atoms with E-state index in [-0.39, 0.29) is 22.6 Å². The molecule has 0 fully saturated rings. The van der Waals surface area contributed by atoms with Gasteiger partial charge in [-0.3, -0.25) is 10.2 Å². The average molecular weight is 421 g/mol. The van der Waals surface area contributed by atoms with Crippen molar-refractivity contribution in [3.8, 4) is 0 Å². The summed E-state index contributed by atoms with van der Waals surface area (Å²) in [6.45, 7) is 1.87. The van der Waals surface area contributed by atoms with Gasteiger partial charge in [-0.1, -0.05) is 24.3 Å². The number of nitrogens with one attached hydrogen (secondary N) is 4. The number of carbonyl (C=O) groups is 1. The Morgan fingerprint density at radius 3 is 2.45 bits per heavy atom. The lowest BCUT2D eigenvalue weighted by Gasteiger charge is -2.14. The van der Waals surface area contributed by atoms with Crippen LogP contribution in [0.25, 0.3) is 0 Å². The van der Waals surface area contributed by atoms with Crippen LogP contribution in [0.2, 0.25) is 0 Å². The Hall–Kier alpha value is -4.07. The minimum atomic E-state index is -1.14. The fourth-order valence-corrected chi connectivity index (χ4v) is 3.23. The van der Waals surface area contributed by atoms with Gasteiger partial charge in [0.2, 0.25) is 0 Å². The monoisotopic (exact) mass is 421 g/mol. The molecule has 31 heavy (non-hydrogen) atoms. The molecule has 0 heterocycles. The first-order valence-electron chi connectivity index (χ1n) is 9.34. The number of halogens is 2. The molecule has 3 aromatic carbocycles. The predicted octanol–water partition coefficient (Wildman–Crippen LogP) is 4.56. The standard InChI is InChI=1S/C23H21F2N5O/c1-12-5-3-4-6-14(12)22(28)15-9-13(7-8-18(15)27)30-23(31)20-17(24)10-19(29-2)16(11-26)21(20)25/h3-11,26,28-29H,27H2,1-2H3,(H,30,31). The highest BCUT2D eigenvalue weighted by Gasteiger charge is 2.23. The molecule has 0 spiro atoms. The topological polar surface area (TPSA) is 115 Å². The molecular formula is C23H21F2N5O. The molecule has 0 aliphatic heterocycles. The van der Waals surface area contributed by atoms with E-state index in [0.29, 0.717) is 23.0 Å². The van der Waals surface area contributed by atoms with E-state index in [1.54, 1.807) is 12.1 Å². The van der Waals surface area contributed by atoms with Crippen LogP contribution in [0.1, 0.15) is 32.6 Å². The van der Waals surface area contributed by atoms with Gasteiger partial charge in [-0.2, -0.15) is 0 Å². The lowest BCUT2D eigenvalue weighted by atomic mass is 9.97. The molecule has 0 aromatic heterocycles. The first-order valence-corrected chi connectivity index (χ1v) is 9.34. The van der Waals surface area contributed by atoms with Crippen molar-refractivity contribution >= 4 is 34.9 Å². The zero-order chi connectivity index (χ0) is 22.7. The Bertz CT molecular complexity index is 1210. The predicted molar refractivity (Wildman–Crippen MR) is 120 cm³/mol. The van der Waals surface area contributed by atoms with Gasteiger partial charge in [0, 0.05) is 41.5 Å². The molecule has 3 aromatic rings. The quantitative estimate of drug-likeness (QED) is 0.297. The molecule has 8 heteroatoms. The second-order valence-corrected chi connectivity index (χ2v) is 6.85. The average Bonchev–Trinajstić information content (AvgIpc) is 2.74. The molecule has 1 amide bonds. The number of rotatable bonds is 6. The number of carbonyl (C=O) groups excluding carboxylic acids is 1. The fraction of sp³-hybridized carbons (Fsp3) is 0.0870. The van der Waals surface area contributed by atoms with E-state index in [1.165, 1.54) is 25.2 Å². The van der Waals surface area contributed by atoms with Crippen molar-refractivity contribution in [1.82, 2.24) is 0 Å². The van der Waals surface area contributed by atoms with Crippen LogP contribution in [0.3, 0.4) is 0 Å². The number of amides is 1. The molecule has 0 radical (unpaired) electrons. The summed E-state index contributed by atoms with van der Waals surface area (Å²) >= 11 is 0. The van der Waals surface area contributed by atoms with Gasteiger partial charge >= 0.3 is 0 Å². The molecule has 3 rings (SSSR count). The van der Waals surface area contributed by atoms with Crippen LogP contribution in [-0.4, -0.2) is 24.9 Å². The maximum absolute atomic E-state index is 14.7. The van der Waals surface area contributed by atoms with Crippen LogP contribution < -0.4 is 16.4 Å². The normalized spacial score (nSPS) is 10.5. The smallest absolute Gasteiger partial charge is 0.261 e. The number of anilines is 3. The molecule has 0 saturated carbocycles. The second-order valence-electron chi connectivity index (χ2n) is 6.85. The number of aryl methyl sites for hydroxylation is 1. The van der Waals surface area contributed by atoms with E-state index in [4.69, 9.17) is 16.6 Å². The van der Waals surface area contributed by atoms with Crippen LogP contribution in [-0.2, 0) is 0 Å². The van der Waals surface area contributed by atoms with Crippen molar-refractivity contribution in [2.75, 3.05) is 23.4 Å². The van der Waals surface area contributed by atoms with Crippen LogP contribution in [0, 0.1) is 29.4 Å². The lowest BCUT2D eigenvalue weighted by molar-refractivity contribution is 0.101. The van der Waals surface area contributed by atoms with E-state index in [0.717, 1.165) is 11.6 Å². The van der Waals surface area contributed by atoms with Crippen LogP contribution >= 0.6 is 0 Å². The maximum atomic E-state index is 14.7. The molecule has 158 valence electrons. The molecule has 0 aliphatic carbocycles. The van der Waals surface area contributed by atoms with E-state index in [2.05, 4.69) is 10.6 Å². The van der Waals surface area contributed by atoms with Gasteiger partial charge < -0.3 is 21.8 Å². The highest BCUT2D eigenvalue weighted by Crippen LogP contribution is 2.26. The number of benzene rings is 3. The zero-order valence-corrected chi connectivity index (χ0v) is 16.9. The number of nitrogen functional groups attached to an aromatic ring is 1. The van der Waals surface area contributed by atoms with Gasteiger partial charge in [0.25, 0.3) is 5.91 Å². The summed E-state index contributed by atoms with van der Waals surface area (Å²) < 4.78 is 29.2. The van der Waals surface area contributed by atoms with Gasteiger partial charge in [-0.05, 0) is 36.8 Å². The van der Waals surface area contributed by atoms with Crippen molar-refractivity contribution in [3.05, 3.63) is 88.0 Å². The summed E-state index contributed by atoms with van der Waals surface area (Å²) in [5.74, 6) is -3.22. The summed E-state index contributed by atoms with van der Waals surface area (Å²) in [4.78, 5) is 12.6. The molecular weight excluding hydrogens is 400 g/mol. The Labute approximate surface area is 178 Å². The molecule has 0 aliphatic rings. The largest absolute Gasteiger partial charge is 0.398 e. The van der Waals surface area contributed by atoms with Crippen LogP contribution in [0.15, 0.2) is 48.5 Å². The number of hydrogen-bond acceptors (Lipinski definition) is 5. The molecule has 0 saturated heterocycles. The minimum absolute atomic E-state index is 0.0583. The van der Waals surface area contributed by atoms with Gasteiger partial charge in [0.15, 0.2) is 0 Å². The molecule has 0 atom stereocenters. The van der Waals surface area contributed by atoms with Gasteiger partial charge in [-0.25, -0.2) is 8.78 Å². The highest BCUT2D eigenvalue weighted by molar-refractivity contribution is 6.15. The first kappa shape index (κ1) is 21.6. The summed E-state index contributed by atoms with van der Waals surface area (Å²) in [6.07, 6.45) is 0.711. The number of nitrogens with two attached hydrogens (primary N) is 1. The Kier molecular flexibility index (Phi) is 6.10. The minimum Gasteiger partial charge on any atom is -0.398 e. The summed E-state index contributed by atoms with van der Waals surface area (Å²) in [5, 5.41) is 20.9. The van der Waals surface area contributed by atoms with E-state index >= 15 is 0 Å². The van der Waals surface area contributed by atoms with E-state index in [1.807, 2.05) is 19.1 Å². The van der Waals surface area contributed by atoms with Gasteiger partial charge in [0.1, 0.15) is 17.2 Å². The molecule has 0 unspecified atom stereocenters. The SMILES string of the molecule is CNc1cc(F)c(C(=O)Nc2ccc(N)c(C(=N)c3ccccc3C)c2)c(F)c1C=N. The third-order valence-electron chi connectivity index (χ3n) is 4.89. The van der Waals surface area contributed by atoms with Gasteiger partial charge in [0.05, 0.1) is 11.3 Å². The third-order valence-corrected chi connectivity index (χ3v) is 4.89. The van der Waals surface area contributed by atoms with Crippen LogP contribution in [0.5, 0.6) is 0 Å². The second kappa shape index (κ2) is 8.74. The zero-order valence-electron chi connectivity index (χ0n) is 16.9. The van der Waals surface area contributed by atoms with Gasteiger partial charge in [-0.15, -0.1) is 0 Å². The Morgan fingerprint density at radius 2 is 1.81 bits per heavy atom. The summed E-state index contributed by atoms with van der Waals surface area (Å²) in [5.41, 5.74) is 7.70. The first-order chi connectivity index (χ1) is 14.8.